The van der Waals surface area contributed by atoms with Crippen molar-refractivity contribution in [3.05, 3.63) is 28.7 Å². The Morgan fingerprint density at radius 2 is 2.00 bits per heavy atom. The van der Waals surface area contributed by atoms with E-state index in [1.54, 1.807) is 0 Å². The van der Waals surface area contributed by atoms with Crippen LogP contribution in [0.4, 0.5) is 10.1 Å². The Hall–Kier alpha value is -0.680. The van der Waals surface area contributed by atoms with E-state index in [0.717, 1.165) is 10.2 Å². The summed E-state index contributed by atoms with van der Waals surface area (Å²) in [4.78, 5) is 0. The van der Waals surface area contributed by atoms with Gasteiger partial charge in [0.25, 0.3) is 0 Å². The van der Waals surface area contributed by atoms with Gasteiger partial charge in [0, 0.05) is 16.7 Å². The van der Waals surface area contributed by atoms with Gasteiger partial charge >= 0.3 is 0 Å². The van der Waals surface area contributed by atoms with Crippen LogP contribution in [0.15, 0.2) is 28.7 Å². The van der Waals surface area contributed by atoms with Crippen molar-refractivity contribution in [2.24, 2.45) is 0 Å². The molecule has 0 spiro atoms. The molecule has 5 heteroatoms. The first-order chi connectivity index (χ1) is 6.72. The lowest BCUT2D eigenvalue weighted by atomic mass is 10.3. The molecule has 0 saturated carbocycles. The highest BCUT2D eigenvalue weighted by molar-refractivity contribution is 9.10. The van der Waals surface area contributed by atoms with Crippen LogP contribution in [-0.2, 0) is 0 Å². The van der Waals surface area contributed by atoms with Gasteiger partial charge in [-0.25, -0.2) is 4.39 Å². The largest absolute Gasteiger partial charge is 0.360 e. The molecule has 0 heterocycles. The highest BCUT2D eigenvalue weighted by Gasteiger charge is 1.95. The van der Waals surface area contributed by atoms with Crippen LogP contribution in [-0.4, -0.2) is 18.3 Å². The summed E-state index contributed by atoms with van der Waals surface area (Å²) in [5.74, 6) is 0. The Balaban J connectivity index is 2.44. The minimum atomic E-state index is -0.428. The highest BCUT2D eigenvalue weighted by atomic mass is 79.9. The third-order valence-electron chi connectivity index (χ3n) is 1.48. The van der Waals surface area contributed by atoms with Crippen molar-refractivity contribution in [1.29, 1.82) is 0 Å². The SMILES string of the molecule is FCCNC(=S)Nc1ccc(Br)cc1. The van der Waals surface area contributed by atoms with Crippen molar-refractivity contribution < 1.29 is 4.39 Å². The fraction of sp³-hybridized carbons (Fsp3) is 0.222. The lowest BCUT2D eigenvalue weighted by molar-refractivity contribution is 0.492. The number of rotatable bonds is 3. The number of hydrogen-bond acceptors (Lipinski definition) is 1. The Morgan fingerprint density at radius 3 is 2.57 bits per heavy atom. The Bertz CT molecular complexity index is 302. The first-order valence-electron chi connectivity index (χ1n) is 4.09. The molecule has 0 radical (unpaired) electrons. The normalized spacial score (nSPS) is 9.57. The average molecular weight is 277 g/mol. The van der Waals surface area contributed by atoms with E-state index in [-0.39, 0.29) is 6.54 Å². The molecule has 1 rings (SSSR count). The van der Waals surface area contributed by atoms with Gasteiger partial charge in [-0.2, -0.15) is 0 Å². The first-order valence-corrected chi connectivity index (χ1v) is 5.29. The van der Waals surface area contributed by atoms with Crippen molar-refractivity contribution in [3.8, 4) is 0 Å². The Kier molecular flexibility index (Phi) is 4.82. The van der Waals surface area contributed by atoms with E-state index < -0.39 is 6.67 Å². The molecule has 2 nitrogen and oxygen atoms in total. The number of alkyl halides is 1. The zero-order chi connectivity index (χ0) is 10.4. The number of thiocarbonyl (C=S) groups is 1. The van der Waals surface area contributed by atoms with Crippen LogP contribution < -0.4 is 10.6 Å². The van der Waals surface area contributed by atoms with Crippen molar-refractivity contribution in [1.82, 2.24) is 5.32 Å². The maximum Gasteiger partial charge on any atom is 0.170 e. The van der Waals surface area contributed by atoms with E-state index in [1.807, 2.05) is 24.3 Å². The van der Waals surface area contributed by atoms with Crippen molar-refractivity contribution in [2.75, 3.05) is 18.5 Å². The first kappa shape index (κ1) is 11.4. The second-order valence-electron chi connectivity index (χ2n) is 2.58. The summed E-state index contributed by atoms with van der Waals surface area (Å²) >= 11 is 8.26. The molecule has 0 atom stereocenters. The zero-order valence-electron chi connectivity index (χ0n) is 7.39. The van der Waals surface area contributed by atoms with E-state index in [4.69, 9.17) is 12.2 Å². The van der Waals surface area contributed by atoms with Gasteiger partial charge in [0.2, 0.25) is 0 Å². The predicted octanol–water partition coefficient (Wildman–Crippen LogP) is 2.71. The van der Waals surface area contributed by atoms with E-state index >= 15 is 0 Å². The van der Waals surface area contributed by atoms with Gasteiger partial charge in [-0.1, -0.05) is 15.9 Å². The molecule has 0 amide bonds. The molecular weight excluding hydrogens is 267 g/mol. The number of benzene rings is 1. The molecule has 0 unspecified atom stereocenters. The summed E-state index contributed by atoms with van der Waals surface area (Å²) in [5, 5.41) is 6.10. The van der Waals surface area contributed by atoms with E-state index in [9.17, 15) is 4.39 Å². The second kappa shape index (κ2) is 5.93. The number of anilines is 1. The lowest BCUT2D eigenvalue weighted by Gasteiger charge is -2.08. The van der Waals surface area contributed by atoms with Gasteiger partial charge in [-0.05, 0) is 36.5 Å². The van der Waals surface area contributed by atoms with E-state index in [2.05, 4.69) is 26.6 Å². The summed E-state index contributed by atoms with van der Waals surface area (Å²) in [6.07, 6.45) is 0. The van der Waals surface area contributed by atoms with Crippen molar-refractivity contribution in [2.45, 2.75) is 0 Å². The number of hydrogen-bond donors (Lipinski definition) is 2. The van der Waals surface area contributed by atoms with Crippen LogP contribution >= 0.6 is 28.1 Å². The van der Waals surface area contributed by atoms with E-state index in [1.165, 1.54) is 0 Å². The van der Waals surface area contributed by atoms with Gasteiger partial charge in [-0.3, -0.25) is 0 Å². The highest BCUT2D eigenvalue weighted by Crippen LogP contribution is 2.13. The second-order valence-corrected chi connectivity index (χ2v) is 3.90. The summed E-state index contributed by atoms with van der Waals surface area (Å²) in [5.41, 5.74) is 0.879. The Labute approximate surface area is 96.0 Å². The van der Waals surface area contributed by atoms with Gasteiger partial charge in [0.05, 0.1) is 0 Å². The minimum Gasteiger partial charge on any atom is -0.360 e. The third kappa shape index (κ3) is 4.02. The minimum absolute atomic E-state index is 0.238. The Morgan fingerprint density at radius 1 is 1.36 bits per heavy atom. The van der Waals surface area contributed by atoms with Gasteiger partial charge in [0.1, 0.15) is 6.67 Å². The van der Waals surface area contributed by atoms with Crippen LogP contribution in [0.5, 0.6) is 0 Å². The molecule has 1 aromatic carbocycles. The smallest absolute Gasteiger partial charge is 0.170 e. The van der Waals surface area contributed by atoms with Crippen molar-refractivity contribution in [3.63, 3.8) is 0 Å². The van der Waals surface area contributed by atoms with Crippen LogP contribution in [0, 0.1) is 0 Å². The summed E-state index contributed by atoms with van der Waals surface area (Å²) in [6, 6.07) is 7.57. The van der Waals surface area contributed by atoms with E-state index in [0.29, 0.717) is 5.11 Å². The maximum atomic E-state index is 11.8. The van der Waals surface area contributed by atoms with Gasteiger partial charge in [-0.15, -0.1) is 0 Å². The zero-order valence-corrected chi connectivity index (χ0v) is 9.79. The van der Waals surface area contributed by atoms with Crippen LogP contribution in [0.1, 0.15) is 0 Å². The average Bonchev–Trinajstić information content (AvgIpc) is 2.18. The van der Waals surface area contributed by atoms with Gasteiger partial charge in [0.15, 0.2) is 5.11 Å². The molecule has 14 heavy (non-hydrogen) atoms. The molecule has 0 aliphatic rings. The predicted molar refractivity (Wildman–Crippen MR) is 64.3 cm³/mol. The fourth-order valence-corrected chi connectivity index (χ4v) is 1.35. The lowest BCUT2D eigenvalue weighted by Crippen LogP contribution is -2.29. The summed E-state index contributed by atoms with van der Waals surface area (Å²) in [6.45, 7) is -0.190. The van der Waals surface area contributed by atoms with Crippen LogP contribution in [0.2, 0.25) is 0 Å². The maximum absolute atomic E-state index is 11.8. The molecule has 0 aromatic heterocycles. The standard InChI is InChI=1S/C9H10BrFN2S/c10-7-1-3-8(4-2-7)13-9(14)12-6-5-11/h1-4H,5-6H2,(H2,12,13,14). The third-order valence-corrected chi connectivity index (χ3v) is 2.26. The molecule has 1 aromatic rings. The number of halogens is 2. The molecule has 0 fully saturated rings. The van der Waals surface area contributed by atoms with Crippen LogP contribution in [0.3, 0.4) is 0 Å². The molecule has 0 bridgehead atoms. The molecular formula is C9H10BrFN2S. The van der Waals surface area contributed by atoms with Crippen LogP contribution in [0.25, 0.3) is 0 Å². The quantitative estimate of drug-likeness (QED) is 0.831. The molecule has 0 saturated heterocycles. The monoisotopic (exact) mass is 276 g/mol. The van der Waals surface area contributed by atoms with Gasteiger partial charge < -0.3 is 10.6 Å². The summed E-state index contributed by atoms with van der Waals surface area (Å²) < 4.78 is 12.8. The molecule has 0 aliphatic heterocycles. The molecule has 76 valence electrons. The number of nitrogens with one attached hydrogen (secondary N) is 2. The van der Waals surface area contributed by atoms with Crippen molar-refractivity contribution >= 4 is 38.9 Å². The molecule has 2 N–H and O–H groups in total. The summed E-state index contributed by atoms with van der Waals surface area (Å²) in [7, 11) is 0. The topological polar surface area (TPSA) is 24.1 Å². The molecule has 0 aliphatic carbocycles. The fourth-order valence-electron chi connectivity index (χ4n) is 0.869.